The summed E-state index contributed by atoms with van der Waals surface area (Å²) in [4.78, 5) is 5.31. The lowest BCUT2D eigenvalue weighted by molar-refractivity contribution is 0.0737. The van der Waals surface area contributed by atoms with Gasteiger partial charge in [-0.3, -0.25) is 0 Å². The Balaban J connectivity index is 2.14. The number of aryl methyl sites for hydroxylation is 1. The molecule has 0 bridgehead atoms. The predicted octanol–water partition coefficient (Wildman–Crippen LogP) is 1.32. The molecule has 2 aromatic rings. The van der Waals surface area contributed by atoms with Crippen molar-refractivity contribution >= 4 is 11.3 Å². The Bertz CT molecular complexity index is 483. The van der Waals surface area contributed by atoms with E-state index in [1.165, 1.54) is 0 Å². The largest absolute Gasteiger partial charge is 0.384 e. The first-order valence-electron chi connectivity index (χ1n) is 4.99. The van der Waals surface area contributed by atoms with Crippen LogP contribution in [0.1, 0.15) is 29.4 Å². The second-order valence-corrected chi connectivity index (χ2v) is 5.53. The quantitative estimate of drug-likeness (QED) is 0.876. The topological polar surface area (TPSA) is 63.8 Å². The molecule has 0 spiro atoms. The van der Waals surface area contributed by atoms with E-state index < -0.39 is 5.60 Å². The molecule has 2 aromatic heterocycles. The van der Waals surface area contributed by atoms with Crippen molar-refractivity contribution in [2.24, 2.45) is 0 Å². The highest BCUT2D eigenvalue weighted by Gasteiger charge is 2.20. The van der Waals surface area contributed by atoms with Gasteiger partial charge >= 0.3 is 0 Å². The molecule has 0 aromatic carbocycles. The molecule has 0 atom stereocenters. The number of aromatic nitrogens is 4. The second-order valence-electron chi connectivity index (χ2n) is 4.21. The fourth-order valence-corrected chi connectivity index (χ4v) is 2.08. The van der Waals surface area contributed by atoms with Crippen LogP contribution in [0.4, 0.5) is 0 Å². The minimum absolute atomic E-state index is 0.578. The third-order valence-corrected chi connectivity index (χ3v) is 3.05. The highest BCUT2D eigenvalue weighted by atomic mass is 32.1. The molecule has 0 unspecified atom stereocenters. The number of rotatable bonds is 3. The Kier molecular flexibility index (Phi) is 2.77. The summed E-state index contributed by atoms with van der Waals surface area (Å²) >= 11 is 1.64. The van der Waals surface area contributed by atoms with E-state index >= 15 is 0 Å². The van der Waals surface area contributed by atoms with Gasteiger partial charge in [-0.2, -0.15) is 0 Å². The van der Waals surface area contributed by atoms with Crippen LogP contribution in [0.5, 0.6) is 0 Å². The fourth-order valence-electron chi connectivity index (χ4n) is 1.29. The van der Waals surface area contributed by atoms with Gasteiger partial charge in [0.1, 0.15) is 11.3 Å². The van der Waals surface area contributed by atoms with Crippen LogP contribution in [0.3, 0.4) is 0 Å². The zero-order valence-electron chi connectivity index (χ0n) is 9.51. The molecule has 86 valence electrons. The highest BCUT2D eigenvalue weighted by Crippen LogP contribution is 2.17. The molecule has 0 amide bonds. The Hall–Kier alpha value is -1.27. The van der Waals surface area contributed by atoms with E-state index in [1.54, 1.807) is 36.1 Å². The third-order valence-electron chi connectivity index (χ3n) is 2.15. The standard InChI is InChI=1S/C10H14N4OS/c1-7-11-4-8(16-7)5-14-6-9(12-13-14)10(2,3)15/h4,6,15H,5H2,1-3H3. The van der Waals surface area contributed by atoms with Crippen LogP contribution in [-0.4, -0.2) is 25.1 Å². The minimum Gasteiger partial charge on any atom is -0.384 e. The van der Waals surface area contributed by atoms with Crippen LogP contribution in [0, 0.1) is 6.92 Å². The summed E-state index contributed by atoms with van der Waals surface area (Å²) in [6.45, 7) is 6.00. The number of aliphatic hydroxyl groups is 1. The van der Waals surface area contributed by atoms with Crippen LogP contribution >= 0.6 is 11.3 Å². The van der Waals surface area contributed by atoms with Gasteiger partial charge in [0, 0.05) is 11.1 Å². The molecule has 2 heterocycles. The van der Waals surface area contributed by atoms with E-state index in [2.05, 4.69) is 15.3 Å². The molecule has 0 aliphatic carbocycles. The van der Waals surface area contributed by atoms with Crippen LogP contribution in [0.2, 0.25) is 0 Å². The van der Waals surface area contributed by atoms with Gasteiger partial charge in [0.2, 0.25) is 0 Å². The lowest BCUT2D eigenvalue weighted by Crippen LogP contribution is -2.15. The molecule has 1 N–H and O–H groups in total. The molecule has 2 rings (SSSR count). The Labute approximate surface area is 97.8 Å². The summed E-state index contributed by atoms with van der Waals surface area (Å²) < 4.78 is 1.71. The zero-order chi connectivity index (χ0) is 11.8. The molecule has 16 heavy (non-hydrogen) atoms. The Morgan fingerprint density at radius 1 is 1.50 bits per heavy atom. The fraction of sp³-hybridized carbons (Fsp3) is 0.500. The van der Waals surface area contributed by atoms with Crippen LogP contribution in [0.25, 0.3) is 0 Å². The van der Waals surface area contributed by atoms with E-state index in [4.69, 9.17) is 0 Å². The van der Waals surface area contributed by atoms with E-state index in [0.29, 0.717) is 12.2 Å². The van der Waals surface area contributed by atoms with E-state index in [1.807, 2.05) is 13.1 Å². The first-order chi connectivity index (χ1) is 7.45. The van der Waals surface area contributed by atoms with Gasteiger partial charge in [-0.05, 0) is 20.8 Å². The summed E-state index contributed by atoms with van der Waals surface area (Å²) in [5.41, 5.74) is -0.365. The number of thiazole rings is 1. The molecular weight excluding hydrogens is 224 g/mol. The van der Waals surface area contributed by atoms with E-state index in [9.17, 15) is 5.11 Å². The summed E-state index contributed by atoms with van der Waals surface area (Å²) in [7, 11) is 0. The highest BCUT2D eigenvalue weighted by molar-refractivity contribution is 7.11. The predicted molar refractivity (Wildman–Crippen MR) is 61.2 cm³/mol. The third kappa shape index (κ3) is 2.45. The number of hydrogen-bond donors (Lipinski definition) is 1. The summed E-state index contributed by atoms with van der Waals surface area (Å²) in [5, 5.41) is 18.7. The van der Waals surface area contributed by atoms with Crippen molar-refractivity contribution in [1.82, 2.24) is 20.0 Å². The SMILES string of the molecule is Cc1ncc(Cn2cc(C(C)(C)O)nn2)s1. The Morgan fingerprint density at radius 2 is 2.25 bits per heavy atom. The van der Waals surface area contributed by atoms with Crippen molar-refractivity contribution in [3.63, 3.8) is 0 Å². The van der Waals surface area contributed by atoms with Gasteiger partial charge in [-0.25, -0.2) is 9.67 Å². The van der Waals surface area contributed by atoms with Gasteiger partial charge in [-0.1, -0.05) is 5.21 Å². The molecule has 0 saturated heterocycles. The summed E-state index contributed by atoms with van der Waals surface area (Å²) in [5.74, 6) is 0. The van der Waals surface area contributed by atoms with Gasteiger partial charge < -0.3 is 5.11 Å². The smallest absolute Gasteiger partial charge is 0.114 e. The normalized spacial score (nSPS) is 12.0. The monoisotopic (exact) mass is 238 g/mol. The maximum absolute atomic E-state index is 9.75. The van der Waals surface area contributed by atoms with Crippen molar-refractivity contribution < 1.29 is 5.11 Å². The van der Waals surface area contributed by atoms with Crippen molar-refractivity contribution in [3.8, 4) is 0 Å². The van der Waals surface area contributed by atoms with Crippen LogP contribution in [0.15, 0.2) is 12.4 Å². The molecule has 0 saturated carbocycles. The van der Waals surface area contributed by atoms with Crippen LogP contribution < -0.4 is 0 Å². The van der Waals surface area contributed by atoms with Gasteiger partial charge in [0.15, 0.2) is 0 Å². The zero-order valence-corrected chi connectivity index (χ0v) is 10.3. The summed E-state index contributed by atoms with van der Waals surface area (Å²) in [6, 6.07) is 0. The lowest BCUT2D eigenvalue weighted by Gasteiger charge is -2.11. The van der Waals surface area contributed by atoms with Crippen molar-refractivity contribution in [2.75, 3.05) is 0 Å². The average molecular weight is 238 g/mol. The van der Waals surface area contributed by atoms with Gasteiger partial charge in [-0.15, -0.1) is 16.4 Å². The maximum Gasteiger partial charge on any atom is 0.114 e. The average Bonchev–Trinajstić information content (AvgIpc) is 2.74. The maximum atomic E-state index is 9.75. The van der Waals surface area contributed by atoms with E-state index in [-0.39, 0.29) is 0 Å². The first kappa shape index (κ1) is 11.2. The van der Waals surface area contributed by atoms with Crippen LogP contribution in [-0.2, 0) is 12.1 Å². The molecule has 0 aliphatic heterocycles. The Morgan fingerprint density at radius 3 is 2.75 bits per heavy atom. The molecule has 5 nitrogen and oxygen atoms in total. The second kappa shape index (κ2) is 3.95. The summed E-state index contributed by atoms with van der Waals surface area (Å²) in [6.07, 6.45) is 3.60. The molecular formula is C10H14N4OS. The lowest BCUT2D eigenvalue weighted by atomic mass is 10.1. The van der Waals surface area contributed by atoms with Crippen molar-refractivity contribution in [1.29, 1.82) is 0 Å². The van der Waals surface area contributed by atoms with Crippen molar-refractivity contribution in [2.45, 2.75) is 32.9 Å². The first-order valence-corrected chi connectivity index (χ1v) is 5.81. The molecule has 0 radical (unpaired) electrons. The number of hydrogen-bond acceptors (Lipinski definition) is 5. The minimum atomic E-state index is -0.943. The van der Waals surface area contributed by atoms with Crippen molar-refractivity contribution in [3.05, 3.63) is 28.0 Å². The van der Waals surface area contributed by atoms with Gasteiger partial charge in [0.25, 0.3) is 0 Å². The van der Waals surface area contributed by atoms with Gasteiger partial charge in [0.05, 0.1) is 17.7 Å². The number of nitrogens with zero attached hydrogens (tertiary/aromatic N) is 4. The van der Waals surface area contributed by atoms with E-state index in [0.717, 1.165) is 9.88 Å². The molecule has 6 heteroatoms. The molecule has 0 aliphatic rings. The molecule has 0 fully saturated rings.